The van der Waals surface area contributed by atoms with E-state index in [0.29, 0.717) is 0 Å². The van der Waals surface area contributed by atoms with Gasteiger partial charge in [0.1, 0.15) is 6.10 Å². The molecule has 0 radical (unpaired) electrons. The van der Waals surface area contributed by atoms with Gasteiger partial charge in [0, 0.05) is 10.9 Å². The maximum absolute atomic E-state index is 13.8. The van der Waals surface area contributed by atoms with Crippen molar-refractivity contribution in [3.8, 4) is 11.8 Å². The average molecular weight is 276 g/mol. The molecule has 2 aromatic rings. The molecule has 2 atom stereocenters. The van der Waals surface area contributed by atoms with Gasteiger partial charge >= 0.3 is 0 Å². The summed E-state index contributed by atoms with van der Waals surface area (Å²) < 4.78 is 19.4. The van der Waals surface area contributed by atoms with Gasteiger partial charge in [-0.25, -0.2) is 4.39 Å². The highest BCUT2D eigenvalue weighted by molar-refractivity contribution is 7.10. The standard InChI is InChI=1S/C14H13FN2OS/c1-9(17)14(13-3-2-6-19-13)18-12-5-4-10(8-16)7-11(12)15/h2-7,9,14H,17H2,1H3. The summed E-state index contributed by atoms with van der Waals surface area (Å²) in [6.07, 6.45) is -0.401. The van der Waals surface area contributed by atoms with E-state index in [0.717, 1.165) is 10.9 Å². The molecule has 3 nitrogen and oxygen atoms in total. The molecule has 0 aliphatic rings. The highest BCUT2D eigenvalue weighted by Gasteiger charge is 2.20. The Labute approximate surface area is 115 Å². The molecule has 0 saturated heterocycles. The van der Waals surface area contributed by atoms with Crippen LogP contribution in [0.15, 0.2) is 35.7 Å². The highest BCUT2D eigenvalue weighted by Crippen LogP contribution is 2.29. The second-order valence-corrected chi connectivity index (χ2v) is 5.15. The quantitative estimate of drug-likeness (QED) is 0.932. The molecule has 0 spiro atoms. The highest BCUT2D eigenvalue weighted by atomic mass is 32.1. The van der Waals surface area contributed by atoms with Crippen molar-refractivity contribution < 1.29 is 9.13 Å². The second-order valence-electron chi connectivity index (χ2n) is 4.17. The lowest BCUT2D eigenvalue weighted by Crippen LogP contribution is -2.28. The van der Waals surface area contributed by atoms with Crippen molar-refractivity contribution >= 4 is 11.3 Å². The third-order valence-corrected chi connectivity index (χ3v) is 3.55. The van der Waals surface area contributed by atoms with Crippen molar-refractivity contribution in [3.05, 3.63) is 52.0 Å². The van der Waals surface area contributed by atoms with Gasteiger partial charge in [-0.1, -0.05) is 6.07 Å². The van der Waals surface area contributed by atoms with Crippen LogP contribution in [0.5, 0.6) is 5.75 Å². The molecule has 5 heteroatoms. The van der Waals surface area contributed by atoms with E-state index in [9.17, 15) is 4.39 Å². The zero-order chi connectivity index (χ0) is 13.8. The van der Waals surface area contributed by atoms with Crippen molar-refractivity contribution in [1.29, 1.82) is 5.26 Å². The van der Waals surface area contributed by atoms with Gasteiger partial charge in [-0.2, -0.15) is 5.26 Å². The average Bonchev–Trinajstić information content (AvgIpc) is 2.90. The van der Waals surface area contributed by atoms with Crippen LogP contribution in [0.1, 0.15) is 23.5 Å². The van der Waals surface area contributed by atoms with Crippen molar-refractivity contribution in [2.75, 3.05) is 0 Å². The first kappa shape index (κ1) is 13.5. The Hall–Kier alpha value is -1.90. The first-order valence-electron chi connectivity index (χ1n) is 5.77. The van der Waals surface area contributed by atoms with Crippen molar-refractivity contribution in [1.82, 2.24) is 0 Å². The number of benzene rings is 1. The number of thiophene rings is 1. The summed E-state index contributed by atoms with van der Waals surface area (Å²) in [5.41, 5.74) is 6.15. The molecule has 0 amide bonds. The van der Waals surface area contributed by atoms with Crippen LogP contribution < -0.4 is 10.5 Å². The van der Waals surface area contributed by atoms with E-state index in [1.165, 1.54) is 23.5 Å². The lowest BCUT2D eigenvalue weighted by atomic mass is 10.1. The molecule has 0 aliphatic carbocycles. The number of hydrogen-bond donors (Lipinski definition) is 1. The lowest BCUT2D eigenvalue weighted by Gasteiger charge is -2.21. The Balaban J connectivity index is 2.26. The monoisotopic (exact) mass is 276 g/mol. The minimum atomic E-state index is -0.554. The Morgan fingerprint density at radius 1 is 1.42 bits per heavy atom. The smallest absolute Gasteiger partial charge is 0.166 e. The van der Waals surface area contributed by atoms with E-state index in [-0.39, 0.29) is 17.4 Å². The first-order valence-corrected chi connectivity index (χ1v) is 6.65. The van der Waals surface area contributed by atoms with E-state index >= 15 is 0 Å². The minimum absolute atomic E-state index is 0.106. The fourth-order valence-electron chi connectivity index (χ4n) is 1.68. The Morgan fingerprint density at radius 2 is 2.21 bits per heavy atom. The largest absolute Gasteiger partial charge is 0.480 e. The van der Waals surface area contributed by atoms with Crippen LogP contribution >= 0.6 is 11.3 Å². The van der Waals surface area contributed by atoms with Crippen molar-refractivity contribution in [3.63, 3.8) is 0 Å². The maximum Gasteiger partial charge on any atom is 0.166 e. The summed E-state index contributed by atoms with van der Waals surface area (Å²) in [4.78, 5) is 0.943. The summed E-state index contributed by atoms with van der Waals surface area (Å²) >= 11 is 1.51. The van der Waals surface area contributed by atoms with Gasteiger partial charge in [-0.15, -0.1) is 11.3 Å². The summed E-state index contributed by atoms with van der Waals surface area (Å²) in [5, 5.41) is 10.6. The van der Waals surface area contributed by atoms with Gasteiger partial charge in [0.05, 0.1) is 11.6 Å². The molecular weight excluding hydrogens is 263 g/mol. The number of rotatable bonds is 4. The molecule has 0 aliphatic heterocycles. The third-order valence-electron chi connectivity index (χ3n) is 2.62. The predicted octanol–water partition coefficient (Wildman–Crippen LogP) is 3.23. The van der Waals surface area contributed by atoms with Gasteiger partial charge in [-0.05, 0) is 36.6 Å². The topological polar surface area (TPSA) is 59.0 Å². The summed E-state index contributed by atoms with van der Waals surface area (Å²) in [7, 11) is 0. The molecular formula is C14H13FN2OS. The summed E-state index contributed by atoms with van der Waals surface area (Å²) in [5.74, 6) is -0.448. The number of hydrogen-bond acceptors (Lipinski definition) is 4. The number of ether oxygens (including phenoxy) is 1. The molecule has 0 saturated carbocycles. The van der Waals surface area contributed by atoms with Gasteiger partial charge < -0.3 is 10.5 Å². The van der Waals surface area contributed by atoms with Crippen LogP contribution in [0.25, 0.3) is 0 Å². The molecule has 1 aromatic carbocycles. The van der Waals surface area contributed by atoms with Crippen LogP contribution in [0.3, 0.4) is 0 Å². The number of nitrogens with zero attached hydrogens (tertiary/aromatic N) is 1. The van der Waals surface area contributed by atoms with Crippen molar-refractivity contribution in [2.24, 2.45) is 5.73 Å². The molecule has 2 unspecified atom stereocenters. The van der Waals surface area contributed by atoms with Crippen LogP contribution in [-0.4, -0.2) is 6.04 Å². The first-order chi connectivity index (χ1) is 9.11. The van der Waals surface area contributed by atoms with Gasteiger partial charge in [0.2, 0.25) is 0 Å². The van der Waals surface area contributed by atoms with Crippen LogP contribution in [0, 0.1) is 17.1 Å². The normalized spacial score (nSPS) is 13.6. The number of halogens is 1. The van der Waals surface area contributed by atoms with E-state index < -0.39 is 11.9 Å². The zero-order valence-corrected chi connectivity index (χ0v) is 11.2. The number of nitrogens with two attached hydrogens (primary N) is 1. The summed E-state index contributed by atoms with van der Waals surface area (Å²) in [6, 6.07) is 9.54. The lowest BCUT2D eigenvalue weighted by molar-refractivity contribution is 0.176. The van der Waals surface area contributed by atoms with E-state index in [4.69, 9.17) is 15.7 Å². The van der Waals surface area contributed by atoms with Crippen LogP contribution in [0.4, 0.5) is 4.39 Å². The molecule has 0 bridgehead atoms. The maximum atomic E-state index is 13.8. The van der Waals surface area contributed by atoms with Crippen LogP contribution in [-0.2, 0) is 0 Å². The van der Waals surface area contributed by atoms with Gasteiger partial charge in [-0.3, -0.25) is 0 Å². The molecule has 1 heterocycles. The van der Waals surface area contributed by atoms with E-state index in [1.807, 2.05) is 30.5 Å². The number of nitriles is 1. The molecule has 2 rings (SSSR count). The molecule has 2 N–H and O–H groups in total. The molecule has 0 fully saturated rings. The minimum Gasteiger partial charge on any atom is -0.480 e. The summed E-state index contributed by atoms with van der Waals surface area (Å²) in [6.45, 7) is 1.81. The van der Waals surface area contributed by atoms with E-state index in [1.54, 1.807) is 0 Å². The molecule has 1 aromatic heterocycles. The Morgan fingerprint density at radius 3 is 2.74 bits per heavy atom. The third kappa shape index (κ3) is 3.11. The fourth-order valence-corrected chi connectivity index (χ4v) is 2.55. The van der Waals surface area contributed by atoms with E-state index in [2.05, 4.69) is 0 Å². The Bertz CT molecular complexity index is 590. The van der Waals surface area contributed by atoms with Gasteiger partial charge in [0.25, 0.3) is 0 Å². The molecule has 98 valence electrons. The van der Waals surface area contributed by atoms with Crippen molar-refractivity contribution in [2.45, 2.75) is 19.1 Å². The second kappa shape index (κ2) is 5.83. The van der Waals surface area contributed by atoms with Gasteiger partial charge in [0.15, 0.2) is 11.6 Å². The fraction of sp³-hybridized carbons (Fsp3) is 0.214. The Kier molecular flexibility index (Phi) is 4.15. The zero-order valence-electron chi connectivity index (χ0n) is 10.3. The van der Waals surface area contributed by atoms with Crippen LogP contribution in [0.2, 0.25) is 0 Å². The molecule has 19 heavy (non-hydrogen) atoms. The predicted molar refractivity (Wildman–Crippen MR) is 72.5 cm³/mol. The SMILES string of the molecule is CC(N)C(Oc1ccc(C#N)cc1F)c1cccs1.